The van der Waals surface area contributed by atoms with Crippen molar-refractivity contribution in [1.82, 2.24) is 0 Å². The molecular formula is C14H15NO2S. The molecule has 0 saturated heterocycles. The molecule has 3 rings (SSSR count). The number of fused-ring (bicyclic) bond motifs is 1. The van der Waals surface area contributed by atoms with Crippen molar-refractivity contribution in [3.8, 4) is 11.5 Å². The van der Waals surface area contributed by atoms with E-state index in [0.29, 0.717) is 0 Å². The van der Waals surface area contributed by atoms with Gasteiger partial charge in [-0.3, -0.25) is 0 Å². The second-order valence-electron chi connectivity index (χ2n) is 4.41. The summed E-state index contributed by atoms with van der Waals surface area (Å²) in [5.41, 5.74) is 8.47. The summed E-state index contributed by atoms with van der Waals surface area (Å²) in [4.78, 5) is 0. The highest BCUT2D eigenvalue weighted by molar-refractivity contribution is 7.07. The van der Waals surface area contributed by atoms with Crippen LogP contribution in [0.4, 0.5) is 0 Å². The Kier molecular flexibility index (Phi) is 2.97. The highest BCUT2D eigenvalue weighted by Gasteiger charge is 2.27. The van der Waals surface area contributed by atoms with Crippen LogP contribution in [0.2, 0.25) is 0 Å². The van der Waals surface area contributed by atoms with Gasteiger partial charge in [0.2, 0.25) is 0 Å². The van der Waals surface area contributed by atoms with E-state index in [1.165, 1.54) is 5.56 Å². The van der Waals surface area contributed by atoms with E-state index in [-0.39, 0.29) is 12.1 Å². The van der Waals surface area contributed by atoms with Crippen molar-refractivity contribution in [2.75, 3.05) is 7.11 Å². The molecular weight excluding hydrogens is 246 g/mol. The predicted octanol–water partition coefficient (Wildman–Crippen LogP) is 3.28. The van der Waals surface area contributed by atoms with Crippen molar-refractivity contribution in [3.05, 3.63) is 46.2 Å². The minimum absolute atomic E-state index is 0.0181. The average molecular weight is 261 g/mol. The van der Waals surface area contributed by atoms with Gasteiger partial charge in [0.25, 0.3) is 0 Å². The van der Waals surface area contributed by atoms with E-state index in [9.17, 15) is 0 Å². The van der Waals surface area contributed by atoms with Crippen molar-refractivity contribution in [1.29, 1.82) is 0 Å². The molecule has 18 heavy (non-hydrogen) atoms. The summed E-state index contributed by atoms with van der Waals surface area (Å²) in [6.45, 7) is 0. The Bertz CT molecular complexity index is 539. The fourth-order valence-electron chi connectivity index (χ4n) is 2.27. The molecule has 0 aliphatic carbocycles. The minimum Gasteiger partial charge on any atom is -0.497 e. The molecule has 94 valence electrons. The molecule has 1 aliphatic rings. The molecule has 1 aromatic carbocycles. The predicted molar refractivity (Wildman–Crippen MR) is 72.2 cm³/mol. The third kappa shape index (κ3) is 1.98. The third-order valence-corrected chi connectivity index (χ3v) is 3.97. The quantitative estimate of drug-likeness (QED) is 0.902. The van der Waals surface area contributed by atoms with E-state index in [1.54, 1.807) is 18.4 Å². The van der Waals surface area contributed by atoms with Crippen LogP contribution in [0.15, 0.2) is 35.0 Å². The van der Waals surface area contributed by atoms with Crippen LogP contribution in [0.1, 0.15) is 29.7 Å². The maximum absolute atomic E-state index is 6.22. The number of hydrogen-bond donors (Lipinski definition) is 1. The van der Waals surface area contributed by atoms with Crippen LogP contribution in [0, 0.1) is 0 Å². The molecule has 0 radical (unpaired) electrons. The van der Waals surface area contributed by atoms with Gasteiger partial charge in [-0.25, -0.2) is 0 Å². The lowest BCUT2D eigenvalue weighted by Gasteiger charge is -2.30. The first-order valence-electron chi connectivity index (χ1n) is 5.90. The van der Waals surface area contributed by atoms with E-state index >= 15 is 0 Å². The van der Waals surface area contributed by atoms with Crippen LogP contribution in [0.3, 0.4) is 0 Å². The third-order valence-electron chi connectivity index (χ3n) is 3.27. The molecule has 3 nitrogen and oxygen atoms in total. The Morgan fingerprint density at radius 2 is 2.28 bits per heavy atom. The Labute approximate surface area is 110 Å². The smallest absolute Gasteiger partial charge is 0.128 e. The summed E-state index contributed by atoms with van der Waals surface area (Å²) >= 11 is 1.68. The van der Waals surface area contributed by atoms with Crippen LogP contribution < -0.4 is 15.2 Å². The second kappa shape index (κ2) is 4.63. The van der Waals surface area contributed by atoms with Crippen LogP contribution in [-0.4, -0.2) is 7.11 Å². The van der Waals surface area contributed by atoms with Crippen molar-refractivity contribution in [2.24, 2.45) is 5.73 Å². The Balaban J connectivity index is 1.95. The van der Waals surface area contributed by atoms with E-state index in [0.717, 1.165) is 23.5 Å². The number of methoxy groups -OCH3 is 1. The van der Waals surface area contributed by atoms with E-state index in [2.05, 4.69) is 16.8 Å². The van der Waals surface area contributed by atoms with Crippen LogP contribution in [-0.2, 0) is 0 Å². The Morgan fingerprint density at radius 1 is 1.39 bits per heavy atom. The fraction of sp³-hybridized carbons (Fsp3) is 0.286. The summed E-state index contributed by atoms with van der Waals surface area (Å²) in [7, 11) is 1.65. The Hall–Kier alpha value is -1.52. The average Bonchev–Trinajstić information content (AvgIpc) is 2.91. The van der Waals surface area contributed by atoms with Gasteiger partial charge in [0, 0.05) is 29.7 Å². The summed E-state index contributed by atoms with van der Waals surface area (Å²) in [5.74, 6) is 1.64. The molecule has 0 fully saturated rings. The summed E-state index contributed by atoms with van der Waals surface area (Å²) < 4.78 is 11.3. The zero-order chi connectivity index (χ0) is 12.5. The largest absolute Gasteiger partial charge is 0.497 e. The van der Waals surface area contributed by atoms with Gasteiger partial charge in [0.05, 0.1) is 7.11 Å². The van der Waals surface area contributed by atoms with E-state index in [1.807, 2.05) is 18.2 Å². The highest BCUT2D eigenvalue weighted by Crippen LogP contribution is 2.41. The summed E-state index contributed by atoms with van der Waals surface area (Å²) in [6, 6.07) is 7.93. The van der Waals surface area contributed by atoms with Gasteiger partial charge in [-0.1, -0.05) is 6.07 Å². The van der Waals surface area contributed by atoms with Crippen LogP contribution in [0.5, 0.6) is 11.5 Å². The standard InChI is InChI=1S/C14H15NO2S/c1-16-10-2-3-11-12(15)7-13(17-14(11)6-10)9-4-5-18-8-9/h2-6,8,12-13H,7,15H2,1H3. The fourth-order valence-corrected chi connectivity index (χ4v) is 2.97. The lowest BCUT2D eigenvalue weighted by molar-refractivity contribution is 0.161. The molecule has 2 heterocycles. The van der Waals surface area contributed by atoms with Crippen LogP contribution in [0.25, 0.3) is 0 Å². The number of hydrogen-bond acceptors (Lipinski definition) is 4. The Morgan fingerprint density at radius 3 is 3.00 bits per heavy atom. The molecule has 0 saturated carbocycles. The molecule has 2 atom stereocenters. The van der Waals surface area contributed by atoms with Crippen molar-refractivity contribution in [2.45, 2.75) is 18.6 Å². The number of rotatable bonds is 2. The molecule has 2 unspecified atom stereocenters. The van der Waals surface area contributed by atoms with E-state index < -0.39 is 0 Å². The second-order valence-corrected chi connectivity index (χ2v) is 5.19. The molecule has 2 N–H and O–H groups in total. The van der Waals surface area contributed by atoms with Gasteiger partial charge in [0.1, 0.15) is 17.6 Å². The van der Waals surface area contributed by atoms with Crippen molar-refractivity contribution < 1.29 is 9.47 Å². The van der Waals surface area contributed by atoms with Crippen LogP contribution >= 0.6 is 11.3 Å². The highest BCUT2D eigenvalue weighted by atomic mass is 32.1. The number of ether oxygens (including phenoxy) is 2. The molecule has 0 bridgehead atoms. The van der Waals surface area contributed by atoms with E-state index in [4.69, 9.17) is 15.2 Å². The SMILES string of the molecule is COc1ccc2c(c1)OC(c1ccsc1)CC2N. The van der Waals surface area contributed by atoms with Crippen molar-refractivity contribution in [3.63, 3.8) is 0 Å². The molecule has 1 aromatic heterocycles. The molecule has 1 aliphatic heterocycles. The minimum atomic E-state index is 0.0181. The molecule has 0 spiro atoms. The maximum atomic E-state index is 6.22. The first-order valence-corrected chi connectivity index (χ1v) is 6.84. The number of nitrogens with two attached hydrogens (primary N) is 1. The summed E-state index contributed by atoms with van der Waals surface area (Å²) in [6.07, 6.45) is 0.863. The number of thiophene rings is 1. The first kappa shape index (κ1) is 11.6. The molecule has 0 amide bonds. The molecule has 2 aromatic rings. The summed E-state index contributed by atoms with van der Waals surface area (Å²) in [5, 5.41) is 4.17. The zero-order valence-electron chi connectivity index (χ0n) is 10.1. The lowest BCUT2D eigenvalue weighted by Crippen LogP contribution is -2.23. The normalized spacial score (nSPS) is 22.1. The van der Waals surface area contributed by atoms with Gasteiger partial charge < -0.3 is 15.2 Å². The van der Waals surface area contributed by atoms with Gasteiger partial charge in [-0.15, -0.1) is 0 Å². The van der Waals surface area contributed by atoms with Gasteiger partial charge >= 0.3 is 0 Å². The topological polar surface area (TPSA) is 44.5 Å². The van der Waals surface area contributed by atoms with Gasteiger partial charge in [-0.05, 0) is 22.9 Å². The zero-order valence-corrected chi connectivity index (χ0v) is 10.9. The number of benzene rings is 1. The first-order chi connectivity index (χ1) is 8.78. The monoisotopic (exact) mass is 261 g/mol. The van der Waals surface area contributed by atoms with Crippen molar-refractivity contribution >= 4 is 11.3 Å². The molecule has 4 heteroatoms. The van der Waals surface area contributed by atoms with Gasteiger partial charge in [-0.2, -0.15) is 11.3 Å². The maximum Gasteiger partial charge on any atom is 0.128 e. The lowest BCUT2D eigenvalue weighted by atomic mass is 9.95. The van der Waals surface area contributed by atoms with Gasteiger partial charge in [0.15, 0.2) is 0 Å².